The number of carboxylic acids is 1. The van der Waals surface area contributed by atoms with Gasteiger partial charge in [-0.2, -0.15) is 13.2 Å². The van der Waals surface area contributed by atoms with Gasteiger partial charge in [-0.15, -0.1) is 0 Å². The molecule has 0 unspecified atom stereocenters. The lowest BCUT2D eigenvalue weighted by Gasteiger charge is -1.95. The Bertz CT molecular complexity index is 387. The first-order chi connectivity index (χ1) is 8.79. The van der Waals surface area contributed by atoms with Crippen LogP contribution in [0.5, 0.6) is 0 Å². The Kier molecular flexibility index (Phi) is 7.50. The number of carbonyl (C=O) groups excluding carboxylic acids is 1. The number of carbonyl (C=O) groups is 2. The molecule has 0 amide bonds. The van der Waals surface area contributed by atoms with Crippen molar-refractivity contribution in [1.29, 1.82) is 0 Å². The number of hydrogen-bond donors (Lipinski definition) is 2. The first-order valence-electron chi connectivity index (χ1n) is 5.34. The minimum atomic E-state index is -5.08. The van der Waals surface area contributed by atoms with Crippen molar-refractivity contribution in [2.75, 3.05) is 6.54 Å². The predicted molar refractivity (Wildman–Crippen MR) is 59.6 cm³/mol. The number of hydrogen-bond acceptors (Lipinski definition) is 4. The molecule has 1 aromatic rings. The maximum Gasteiger partial charge on any atom is 0.490 e. The van der Waals surface area contributed by atoms with Gasteiger partial charge in [-0.05, 0) is 25.5 Å². The minimum absolute atomic E-state index is 0.136. The third kappa shape index (κ3) is 7.98. The highest BCUT2D eigenvalue weighted by molar-refractivity contribution is 5.95. The van der Waals surface area contributed by atoms with Crippen LogP contribution < -0.4 is 5.73 Å². The van der Waals surface area contributed by atoms with Gasteiger partial charge in [0.25, 0.3) is 0 Å². The van der Waals surface area contributed by atoms with Crippen molar-refractivity contribution in [3.8, 4) is 0 Å². The average molecular weight is 281 g/mol. The molecule has 1 heterocycles. The van der Waals surface area contributed by atoms with E-state index in [1.165, 1.54) is 12.5 Å². The number of ketones is 1. The summed E-state index contributed by atoms with van der Waals surface area (Å²) in [4.78, 5) is 20.2. The van der Waals surface area contributed by atoms with Crippen LogP contribution in [0.2, 0.25) is 0 Å². The van der Waals surface area contributed by atoms with Gasteiger partial charge < -0.3 is 15.3 Å². The molecule has 0 bridgehead atoms. The number of carboxylic acid groups (broad SMARTS) is 1. The zero-order valence-corrected chi connectivity index (χ0v) is 9.94. The molecule has 0 saturated heterocycles. The molecule has 0 aliphatic rings. The van der Waals surface area contributed by atoms with Gasteiger partial charge in [0.15, 0.2) is 5.78 Å². The molecule has 0 aromatic carbocycles. The SMILES string of the molecule is NCCCCC(=O)c1ccoc1.O=C(O)C(F)(F)F. The Balaban J connectivity index is 0.000000399. The molecule has 1 aromatic heterocycles. The van der Waals surface area contributed by atoms with Gasteiger partial charge in [-0.3, -0.25) is 4.79 Å². The molecule has 19 heavy (non-hydrogen) atoms. The number of halogens is 3. The third-order valence-electron chi connectivity index (χ3n) is 1.94. The van der Waals surface area contributed by atoms with Crippen molar-refractivity contribution in [1.82, 2.24) is 0 Å². The van der Waals surface area contributed by atoms with Crippen molar-refractivity contribution in [2.45, 2.75) is 25.4 Å². The van der Waals surface area contributed by atoms with E-state index in [4.69, 9.17) is 20.1 Å². The Morgan fingerprint density at radius 1 is 1.32 bits per heavy atom. The molecule has 0 fully saturated rings. The average Bonchev–Trinajstić information content (AvgIpc) is 2.82. The van der Waals surface area contributed by atoms with Crippen molar-refractivity contribution >= 4 is 11.8 Å². The summed E-state index contributed by atoms with van der Waals surface area (Å²) in [6.45, 7) is 0.651. The van der Waals surface area contributed by atoms with Crippen LogP contribution in [0.1, 0.15) is 29.6 Å². The van der Waals surface area contributed by atoms with E-state index in [0.717, 1.165) is 12.8 Å². The first-order valence-corrected chi connectivity index (χ1v) is 5.34. The van der Waals surface area contributed by atoms with Crippen molar-refractivity contribution in [3.63, 3.8) is 0 Å². The summed E-state index contributed by atoms with van der Waals surface area (Å²) in [5, 5.41) is 7.12. The van der Waals surface area contributed by atoms with Crippen molar-refractivity contribution in [2.24, 2.45) is 5.73 Å². The van der Waals surface area contributed by atoms with Gasteiger partial charge in [0.1, 0.15) is 6.26 Å². The molecule has 108 valence electrons. The monoisotopic (exact) mass is 281 g/mol. The van der Waals surface area contributed by atoms with Crippen molar-refractivity contribution < 1.29 is 32.3 Å². The summed E-state index contributed by atoms with van der Waals surface area (Å²) >= 11 is 0. The minimum Gasteiger partial charge on any atom is -0.475 e. The molecule has 0 radical (unpaired) electrons. The molecule has 5 nitrogen and oxygen atoms in total. The van der Waals surface area contributed by atoms with E-state index in [1.54, 1.807) is 6.07 Å². The van der Waals surface area contributed by atoms with Crippen LogP contribution in [0.3, 0.4) is 0 Å². The Labute approximate surface area is 107 Å². The Morgan fingerprint density at radius 2 is 1.89 bits per heavy atom. The van der Waals surface area contributed by atoms with E-state index in [1.807, 2.05) is 0 Å². The number of furan rings is 1. The summed E-state index contributed by atoms with van der Waals surface area (Å²) in [6, 6.07) is 1.69. The van der Waals surface area contributed by atoms with Gasteiger partial charge in [0.2, 0.25) is 0 Å². The summed E-state index contributed by atoms with van der Waals surface area (Å²) < 4.78 is 36.5. The highest BCUT2D eigenvalue weighted by Gasteiger charge is 2.38. The molecule has 0 spiro atoms. The van der Waals surface area contributed by atoms with Gasteiger partial charge >= 0.3 is 12.1 Å². The van der Waals surface area contributed by atoms with E-state index in [0.29, 0.717) is 18.5 Å². The zero-order chi connectivity index (χ0) is 14.9. The molecule has 0 aliphatic heterocycles. The summed E-state index contributed by atoms with van der Waals surface area (Å²) in [6.07, 6.45) is 0.238. The van der Waals surface area contributed by atoms with E-state index in [-0.39, 0.29) is 5.78 Å². The van der Waals surface area contributed by atoms with Crippen LogP contribution in [0, 0.1) is 0 Å². The fraction of sp³-hybridized carbons (Fsp3) is 0.455. The predicted octanol–water partition coefficient (Wildman–Crippen LogP) is 2.22. The van der Waals surface area contributed by atoms with E-state index >= 15 is 0 Å². The topological polar surface area (TPSA) is 93.5 Å². The molecule has 0 aliphatic carbocycles. The summed E-state index contributed by atoms with van der Waals surface area (Å²) in [5.74, 6) is -2.62. The quantitative estimate of drug-likeness (QED) is 0.637. The Hall–Kier alpha value is -1.83. The van der Waals surface area contributed by atoms with Crippen LogP contribution in [0.15, 0.2) is 23.0 Å². The lowest BCUT2D eigenvalue weighted by molar-refractivity contribution is -0.192. The lowest BCUT2D eigenvalue weighted by atomic mass is 10.1. The van der Waals surface area contributed by atoms with Crippen LogP contribution in [-0.4, -0.2) is 29.6 Å². The van der Waals surface area contributed by atoms with Crippen LogP contribution in [-0.2, 0) is 4.79 Å². The number of nitrogens with two attached hydrogens (primary N) is 1. The fourth-order valence-corrected chi connectivity index (χ4v) is 0.997. The molecule has 0 saturated carbocycles. The molecule has 3 N–H and O–H groups in total. The van der Waals surface area contributed by atoms with E-state index in [9.17, 15) is 18.0 Å². The smallest absolute Gasteiger partial charge is 0.475 e. The summed E-state index contributed by atoms with van der Waals surface area (Å²) in [7, 11) is 0. The maximum absolute atomic E-state index is 11.3. The number of Topliss-reactive ketones (excluding diaryl/α,β-unsaturated/α-hetero) is 1. The number of alkyl halides is 3. The maximum atomic E-state index is 11.3. The van der Waals surface area contributed by atoms with Gasteiger partial charge in [-0.25, -0.2) is 4.79 Å². The second kappa shape index (κ2) is 8.30. The number of aliphatic carboxylic acids is 1. The second-order valence-electron chi connectivity index (χ2n) is 3.48. The van der Waals surface area contributed by atoms with Gasteiger partial charge in [0.05, 0.1) is 11.8 Å². The number of unbranched alkanes of at least 4 members (excludes halogenated alkanes) is 1. The van der Waals surface area contributed by atoms with E-state index < -0.39 is 12.1 Å². The molecular formula is C11H14F3NO4. The zero-order valence-electron chi connectivity index (χ0n) is 9.94. The second-order valence-corrected chi connectivity index (χ2v) is 3.48. The highest BCUT2D eigenvalue weighted by Crippen LogP contribution is 2.13. The van der Waals surface area contributed by atoms with Crippen LogP contribution in [0.4, 0.5) is 13.2 Å². The van der Waals surface area contributed by atoms with Crippen molar-refractivity contribution in [3.05, 3.63) is 24.2 Å². The molecule has 1 rings (SSSR count). The number of rotatable bonds is 5. The fourth-order valence-electron chi connectivity index (χ4n) is 0.997. The summed E-state index contributed by atoms with van der Waals surface area (Å²) in [5.41, 5.74) is 5.96. The first kappa shape index (κ1) is 17.2. The highest BCUT2D eigenvalue weighted by atomic mass is 19.4. The standard InChI is InChI=1S/C9H13NO2.C2HF3O2/c10-5-2-1-3-9(11)8-4-6-12-7-8;3-2(4,5)1(6)7/h4,6-7H,1-3,5,10H2;(H,6,7). The molecule has 0 atom stereocenters. The largest absolute Gasteiger partial charge is 0.490 e. The third-order valence-corrected chi connectivity index (χ3v) is 1.94. The van der Waals surface area contributed by atoms with Gasteiger partial charge in [0, 0.05) is 6.42 Å². The molecule has 8 heteroatoms. The molecular weight excluding hydrogens is 267 g/mol. The van der Waals surface area contributed by atoms with E-state index in [2.05, 4.69) is 0 Å². The normalized spacial score (nSPS) is 10.5. The Morgan fingerprint density at radius 3 is 2.26 bits per heavy atom. The van der Waals surface area contributed by atoms with Crippen LogP contribution in [0.25, 0.3) is 0 Å². The van der Waals surface area contributed by atoms with Crippen LogP contribution >= 0.6 is 0 Å². The lowest BCUT2D eigenvalue weighted by Crippen LogP contribution is -2.21. The van der Waals surface area contributed by atoms with Gasteiger partial charge in [-0.1, -0.05) is 0 Å².